The molecule has 0 spiro atoms. The summed E-state index contributed by atoms with van der Waals surface area (Å²) in [5, 5.41) is 5.30. The molecule has 0 radical (unpaired) electrons. The van der Waals surface area contributed by atoms with Gasteiger partial charge in [0.1, 0.15) is 11.6 Å². The molecule has 0 bridgehead atoms. The van der Waals surface area contributed by atoms with E-state index in [0.29, 0.717) is 0 Å². The average molecular weight is 233 g/mol. The smallest absolute Gasteiger partial charge is 0.131 e. The topological polar surface area (TPSA) is 37.8 Å². The molecule has 0 saturated carbocycles. The third-order valence-electron chi connectivity index (χ3n) is 2.22. The molecule has 2 rings (SSSR count). The van der Waals surface area contributed by atoms with Crippen LogP contribution in [0.2, 0.25) is 0 Å². The zero-order valence-corrected chi connectivity index (χ0v) is 10.3. The van der Waals surface area contributed by atoms with Gasteiger partial charge in [-0.1, -0.05) is 13.0 Å². The van der Waals surface area contributed by atoms with E-state index in [0.717, 1.165) is 30.3 Å². The third-order valence-corrected chi connectivity index (χ3v) is 3.11. The minimum absolute atomic E-state index is 0.859. The Morgan fingerprint density at radius 2 is 2.19 bits per heavy atom. The van der Waals surface area contributed by atoms with Gasteiger partial charge in [-0.05, 0) is 18.4 Å². The highest BCUT2D eigenvalue weighted by Gasteiger charge is 2.05. The largest absolute Gasteiger partial charge is 0.370 e. The number of aryl methyl sites for hydroxylation is 1. The first-order valence-corrected chi connectivity index (χ1v) is 6.37. The average Bonchev–Trinajstić information content (AvgIpc) is 2.82. The summed E-state index contributed by atoms with van der Waals surface area (Å²) in [4.78, 5) is 10.2. The van der Waals surface area contributed by atoms with Gasteiger partial charge >= 0.3 is 0 Å². The number of rotatable bonds is 4. The molecule has 16 heavy (non-hydrogen) atoms. The lowest BCUT2D eigenvalue weighted by atomic mass is 10.3. The molecule has 0 aliphatic rings. The normalized spacial score (nSPS) is 10.4. The van der Waals surface area contributed by atoms with Gasteiger partial charge in [-0.2, -0.15) is 0 Å². The van der Waals surface area contributed by atoms with Gasteiger partial charge in [-0.3, -0.25) is 0 Å². The lowest BCUT2D eigenvalue weighted by Gasteiger charge is -2.06. The quantitative estimate of drug-likeness (QED) is 0.881. The molecule has 0 fully saturated rings. The highest BCUT2D eigenvalue weighted by molar-refractivity contribution is 7.13. The molecule has 2 heterocycles. The van der Waals surface area contributed by atoms with Crippen molar-refractivity contribution in [1.29, 1.82) is 0 Å². The van der Waals surface area contributed by atoms with Gasteiger partial charge in [-0.25, -0.2) is 9.97 Å². The first-order valence-electron chi connectivity index (χ1n) is 5.49. The van der Waals surface area contributed by atoms with Gasteiger partial charge in [0.05, 0.1) is 10.6 Å². The van der Waals surface area contributed by atoms with Crippen molar-refractivity contribution >= 4 is 17.2 Å². The van der Waals surface area contributed by atoms with Crippen LogP contribution in [0.5, 0.6) is 0 Å². The molecule has 1 N–H and O–H groups in total. The van der Waals surface area contributed by atoms with Crippen LogP contribution in [-0.4, -0.2) is 16.5 Å². The van der Waals surface area contributed by atoms with E-state index >= 15 is 0 Å². The van der Waals surface area contributed by atoms with E-state index in [-0.39, 0.29) is 0 Å². The molecule has 0 aromatic carbocycles. The summed E-state index contributed by atoms with van der Waals surface area (Å²) in [5.41, 5.74) is 1.01. The molecular formula is C12H15N3S. The Labute approximate surface area is 99.6 Å². The maximum absolute atomic E-state index is 4.54. The summed E-state index contributed by atoms with van der Waals surface area (Å²) in [6.45, 7) is 5.02. The molecule has 3 nitrogen and oxygen atoms in total. The van der Waals surface area contributed by atoms with Crippen molar-refractivity contribution in [1.82, 2.24) is 9.97 Å². The fourth-order valence-electron chi connectivity index (χ4n) is 1.48. The molecule has 4 heteroatoms. The fourth-order valence-corrected chi connectivity index (χ4v) is 2.16. The predicted molar refractivity (Wildman–Crippen MR) is 68.9 cm³/mol. The molecule has 84 valence electrons. The summed E-state index contributed by atoms with van der Waals surface area (Å²) in [6, 6.07) is 6.14. The highest BCUT2D eigenvalue weighted by Crippen LogP contribution is 2.24. The van der Waals surface area contributed by atoms with E-state index in [1.165, 1.54) is 4.88 Å². The first-order chi connectivity index (χ1) is 7.83. The Bertz CT molecular complexity index is 451. The van der Waals surface area contributed by atoms with Crippen molar-refractivity contribution in [3.05, 3.63) is 29.4 Å². The van der Waals surface area contributed by atoms with Gasteiger partial charge in [0.15, 0.2) is 0 Å². The van der Waals surface area contributed by atoms with Gasteiger partial charge in [0, 0.05) is 19.0 Å². The molecule has 2 aromatic heterocycles. The second-order valence-corrected chi connectivity index (χ2v) is 4.36. The predicted octanol–water partition coefficient (Wildman–Crippen LogP) is 3.20. The van der Waals surface area contributed by atoms with Crippen LogP contribution in [0, 0.1) is 0 Å². The van der Waals surface area contributed by atoms with Crippen molar-refractivity contribution in [3.8, 4) is 10.6 Å². The van der Waals surface area contributed by atoms with Crippen LogP contribution in [0.15, 0.2) is 23.6 Å². The lowest BCUT2D eigenvalue weighted by molar-refractivity contribution is 0.940. The molecule has 2 aromatic rings. The maximum atomic E-state index is 4.54. The second kappa shape index (κ2) is 5.07. The second-order valence-electron chi connectivity index (χ2n) is 3.42. The minimum Gasteiger partial charge on any atom is -0.370 e. The minimum atomic E-state index is 0.859. The number of hydrogen-bond acceptors (Lipinski definition) is 4. The molecule has 0 saturated heterocycles. The van der Waals surface area contributed by atoms with Crippen molar-refractivity contribution in [2.75, 3.05) is 11.9 Å². The Morgan fingerprint density at radius 1 is 1.31 bits per heavy atom. The number of hydrogen-bond donors (Lipinski definition) is 1. The van der Waals surface area contributed by atoms with Gasteiger partial charge in [0.2, 0.25) is 0 Å². The van der Waals surface area contributed by atoms with E-state index in [1.54, 1.807) is 11.3 Å². The van der Waals surface area contributed by atoms with Crippen LogP contribution >= 0.6 is 11.3 Å². The monoisotopic (exact) mass is 233 g/mol. The van der Waals surface area contributed by atoms with Crippen LogP contribution in [0.25, 0.3) is 10.6 Å². The van der Waals surface area contributed by atoms with Crippen molar-refractivity contribution in [2.24, 2.45) is 0 Å². The SMILES string of the molecule is CCNc1cc(-c2cccs2)nc(CC)n1. The Kier molecular flexibility index (Phi) is 3.51. The Morgan fingerprint density at radius 3 is 2.81 bits per heavy atom. The van der Waals surface area contributed by atoms with Crippen LogP contribution < -0.4 is 5.32 Å². The maximum Gasteiger partial charge on any atom is 0.131 e. The summed E-state index contributed by atoms with van der Waals surface area (Å²) in [7, 11) is 0. The number of thiophene rings is 1. The van der Waals surface area contributed by atoms with Crippen molar-refractivity contribution < 1.29 is 0 Å². The number of aromatic nitrogens is 2. The first kappa shape index (κ1) is 11.1. The molecular weight excluding hydrogens is 218 g/mol. The Hall–Kier alpha value is -1.42. The van der Waals surface area contributed by atoms with Crippen molar-refractivity contribution in [2.45, 2.75) is 20.3 Å². The van der Waals surface area contributed by atoms with E-state index in [2.05, 4.69) is 40.6 Å². The van der Waals surface area contributed by atoms with E-state index in [9.17, 15) is 0 Å². The standard InChI is InChI=1S/C12H15N3S/c1-3-11-14-9(10-6-5-7-16-10)8-12(15-11)13-4-2/h5-8H,3-4H2,1-2H3,(H,13,14,15). The molecule has 0 amide bonds. The number of nitrogens with one attached hydrogen (secondary N) is 1. The number of nitrogens with zero attached hydrogens (tertiary/aromatic N) is 2. The lowest BCUT2D eigenvalue weighted by Crippen LogP contribution is -2.03. The van der Waals surface area contributed by atoms with Gasteiger partial charge < -0.3 is 5.32 Å². The number of anilines is 1. The molecule has 0 aliphatic carbocycles. The van der Waals surface area contributed by atoms with Crippen LogP contribution in [-0.2, 0) is 6.42 Å². The molecule has 0 unspecified atom stereocenters. The summed E-state index contributed by atoms with van der Waals surface area (Å²) in [5.74, 6) is 1.81. The zero-order valence-electron chi connectivity index (χ0n) is 9.53. The Balaban J connectivity index is 2.41. The van der Waals surface area contributed by atoms with Gasteiger partial charge in [0.25, 0.3) is 0 Å². The zero-order chi connectivity index (χ0) is 11.4. The van der Waals surface area contributed by atoms with Crippen LogP contribution in [0.3, 0.4) is 0 Å². The van der Waals surface area contributed by atoms with E-state index < -0.39 is 0 Å². The van der Waals surface area contributed by atoms with Crippen LogP contribution in [0.1, 0.15) is 19.7 Å². The molecule has 0 aliphatic heterocycles. The van der Waals surface area contributed by atoms with Gasteiger partial charge in [-0.15, -0.1) is 11.3 Å². The fraction of sp³-hybridized carbons (Fsp3) is 0.333. The highest BCUT2D eigenvalue weighted by atomic mass is 32.1. The summed E-state index contributed by atoms with van der Waals surface area (Å²) in [6.07, 6.45) is 0.859. The summed E-state index contributed by atoms with van der Waals surface area (Å²) >= 11 is 1.70. The van der Waals surface area contributed by atoms with E-state index in [1.807, 2.05) is 12.1 Å². The van der Waals surface area contributed by atoms with Crippen LogP contribution in [0.4, 0.5) is 5.82 Å². The summed E-state index contributed by atoms with van der Waals surface area (Å²) < 4.78 is 0. The third kappa shape index (κ3) is 2.39. The molecule has 0 atom stereocenters. The van der Waals surface area contributed by atoms with Crippen molar-refractivity contribution in [3.63, 3.8) is 0 Å². The van der Waals surface area contributed by atoms with E-state index in [4.69, 9.17) is 0 Å².